The van der Waals surface area contributed by atoms with Crippen molar-refractivity contribution in [2.45, 2.75) is 39.0 Å². The third-order valence-electron chi connectivity index (χ3n) is 6.02. The normalized spacial score (nSPS) is 20.4. The van der Waals surface area contributed by atoms with Gasteiger partial charge >= 0.3 is 0 Å². The first-order valence-electron chi connectivity index (χ1n) is 10.6. The maximum atomic E-state index is 13.4. The van der Waals surface area contributed by atoms with Crippen molar-refractivity contribution in [1.82, 2.24) is 0 Å². The van der Waals surface area contributed by atoms with Crippen LogP contribution in [0.15, 0.2) is 48.5 Å². The van der Waals surface area contributed by atoms with Crippen LogP contribution in [0.4, 0.5) is 17.1 Å². The van der Waals surface area contributed by atoms with Crippen molar-refractivity contribution in [3.8, 4) is 0 Å². The molecule has 1 saturated carbocycles. The van der Waals surface area contributed by atoms with Crippen LogP contribution in [0.2, 0.25) is 0 Å². The summed E-state index contributed by atoms with van der Waals surface area (Å²) in [4.78, 5) is 39.7. The highest BCUT2D eigenvalue weighted by molar-refractivity contribution is 6.02. The topological polar surface area (TPSA) is 78.5 Å². The van der Waals surface area contributed by atoms with E-state index in [4.69, 9.17) is 0 Å². The molecule has 0 radical (unpaired) electrons. The lowest BCUT2D eigenvalue weighted by molar-refractivity contribution is -0.132. The number of amides is 3. The van der Waals surface area contributed by atoms with Crippen LogP contribution in [0.1, 0.15) is 38.2 Å². The van der Waals surface area contributed by atoms with Gasteiger partial charge in [-0.1, -0.05) is 37.1 Å². The standard InChI is InChI=1S/C24H27N3O3/c1-16(28)25-18-8-6-9-19(15-18)26-23(29)20-10-3-4-11-21(20)24(30)27-14-13-17-7-2-5-12-22(17)27/h2,5-9,12,15,20-21H,3-4,10-11,13-14H2,1H3,(H,25,28)(H,26,29). The van der Waals surface area contributed by atoms with Gasteiger partial charge in [-0.15, -0.1) is 0 Å². The summed E-state index contributed by atoms with van der Waals surface area (Å²) < 4.78 is 0. The number of hydrogen-bond donors (Lipinski definition) is 2. The van der Waals surface area contributed by atoms with E-state index < -0.39 is 0 Å². The number of anilines is 3. The molecule has 1 aliphatic carbocycles. The van der Waals surface area contributed by atoms with Gasteiger partial charge in [-0.3, -0.25) is 14.4 Å². The van der Waals surface area contributed by atoms with E-state index >= 15 is 0 Å². The van der Waals surface area contributed by atoms with Crippen LogP contribution in [0, 0.1) is 11.8 Å². The number of carbonyl (C=O) groups excluding carboxylic acids is 3. The van der Waals surface area contributed by atoms with Gasteiger partial charge in [0.2, 0.25) is 17.7 Å². The fourth-order valence-corrected chi connectivity index (χ4v) is 4.62. The van der Waals surface area contributed by atoms with Gasteiger partial charge in [-0.25, -0.2) is 0 Å². The molecule has 0 saturated heterocycles. The molecule has 6 nitrogen and oxygen atoms in total. The molecule has 156 valence electrons. The molecule has 1 heterocycles. The number of para-hydroxylation sites is 1. The van der Waals surface area contributed by atoms with Crippen LogP contribution in [0.3, 0.4) is 0 Å². The molecule has 2 atom stereocenters. The summed E-state index contributed by atoms with van der Waals surface area (Å²) in [5.41, 5.74) is 3.42. The summed E-state index contributed by atoms with van der Waals surface area (Å²) in [7, 11) is 0. The molecule has 0 aromatic heterocycles. The average molecular weight is 405 g/mol. The van der Waals surface area contributed by atoms with Gasteiger partial charge in [-0.2, -0.15) is 0 Å². The van der Waals surface area contributed by atoms with E-state index in [2.05, 4.69) is 16.7 Å². The van der Waals surface area contributed by atoms with E-state index in [0.717, 1.165) is 31.4 Å². The predicted octanol–water partition coefficient (Wildman–Crippen LogP) is 3.98. The summed E-state index contributed by atoms with van der Waals surface area (Å²) in [6, 6.07) is 15.1. The molecular weight excluding hydrogens is 378 g/mol. The molecule has 0 spiro atoms. The van der Waals surface area contributed by atoms with Crippen molar-refractivity contribution in [2.75, 3.05) is 22.1 Å². The Balaban J connectivity index is 1.49. The van der Waals surface area contributed by atoms with E-state index in [9.17, 15) is 14.4 Å². The first kappa shape index (κ1) is 20.1. The zero-order chi connectivity index (χ0) is 21.1. The maximum Gasteiger partial charge on any atom is 0.230 e. The van der Waals surface area contributed by atoms with Crippen LogP contribution >= 0.6 is 0 Å². The Kier molecular flexibility index (Phi) is 5.84. The van der Waals surface area contributed by atoms with Crippen LogP contribution in [0.25, 0.3) is 0 Å². The Hall–Kier alpha value is -3.15. The van der Waals surface area contributed by atoms with E-state index in [1.807, 2.05) is 23.1 Å². The second kappa shape index (κ2) is 8.69. The molecular formula is C24H27N3O3. The van der Waals surface area contributed by atoms with Gasteiger partial charge in [0.15, 0.2) is 0 Å². The van der Waals surface area contributed by atoms with E-state index in [0.29, 0.717) is 24.3 Å². The molecule has 2 aromatic carbocycles. The first-order valence-corrected chi connectivity index (χ1v) is 10.6. The first-order chi connectivity index (χ1) is 14.5. The van der Waals surface area contributed by atoms with Gasteiger partial charge in [-0.05, 0) is 49.1 Å². The minimum atomic E-state index is -0.344. The Morgan fingerprint density at radius 3 is 2.37 bits per heavy atom. The van der Waals surface area contributed by atoms with E-state index in [-0.39, 0.29) is 29.6 Å². The number of nitrogens with zero attached hydrogens (tertiary/aromatic N) is 1. The second-order valence-electron chi connectivity index (χ2n) is 8.12. The van der Waals surface area contributed by atoms with E-state index in [1.54, 1.807) is 24.3 Å². The molecule has 1 fully saturated rings. The molecule has 2 N–H and O–H groups in total. The lowest BCUT2D eigenvalue weighted by Crippen LogP contribution is -2.43. The van der Waals surface area contributed by atoms with Gasteiger partial charge in [0.05, 0.1) is 5.92 Å². The summed E-state index contributed by atoms with van der Waals surface area (Å²) in [6.07, 6.45) is 4.23. The largest absolute Gasteiger partial charge is 0.326 e. The van der Waals surface area contributed by atoms with E-state index in [1.165, 1.54) is 12.5 Å². The Morgan fingerprint density at radius 2 is 1.60 bits per heavy atom. The molecule has 6 heteroatoms. The van der Waals surface area contributed by atoms with Gasteiger partial charge < -0.3 is 15.5 Å². The highest BCUT2D eigenvalue weighted by Crippen LogP contribution is 2.36. The molecule has 2 aromatic rings. The molecule has 4 rings (SSSR count). The summed E-state index contributed by atoms with van der Waals surface area (Å²) >= 11 is 0. The third-order valence-corrected chi connectivity index (χ3v) is 6.02. The lowest BCUT2D eigenvalue weighted by atomic mass is 9.77. The van der Waals surface area contributed by atoms with Crippen molar-refractivity contribution in [1.29, 1.82) is 0 Å². The Morgan fingerprint density at radius 1 is 0.900 bits per heavy atom. The highest BCUT2D eigenvalue weighted by atomic mass is 16.2. The fourth-order valence-electron chi connectivity index (χ4n) is 4.62. The highest BCUT2D eigenvalue weighted by Gasteiger charge is 2.39. The van der Waals surface area contributed by atoms with Crippen molar-refractivity contribution in [3.63, 3.8) is 0 Å². The predicted molar refractivity (Wildman–Crippen MR) is 117 cm³/mol. The Bertz CT molecular complexity index is 972. The van der Waals surface area contributed by atoms with Gasteiger partial charge in [0.1, 0.15) is 0 Å². The lowest BCUT2D eigenvalue weighted by Gasteiger charge is -2.32. The number of nitrogens with one attached hydrogen (secondary N) is 2. The SMILES string of the molecule is CC(=O)Nc1cccc(NC(=O)C2CCCCC2C(=O)N2CCc3ccccc32)c1. The monoisotopic (exact) mass is 405 g/mol. The minimum Gasteiger partial charge on any atom is -0.326 e. The van der Waals surface area contributed by atoms with Crippen molar-refractivity contribution in [2.24, 2.45) is 11.8 Å². The van der Waals surface area contributed by atoms with Crippen LogP contribution in [0.5, 0.6) is 0 Å². The quantitative estimate of drug-likeness (QED) is 0.808. The number of carbonyl (C=O) groups is 3. The zero-order valence-corrected chi connectivity index (χ0v) is 17.2. The second-order valence-corrected chi connectivity index (χ2v) is 8.12. The molecule has 2 aliphatic rings. The van der Waals surface area contributed by atoms with Crippen LogP contribution < -0.4 is 15.5 Å². The van der Waals surface area contributed by atoms with Gasteiger partial charge in [0.25, 0.3) is 0 Å². The van der Waals surface area contributed by atoms with Crippen molar-refractivity contribution in [3.05, 3.63) is 54.1 Å². The molecule has 30 heavy (non-hydrogen) atoms. The van der Waals surface area contributed by atoms with Gasteiger partial charge in [0, 0.05) is 36.4 Å². The fraction of sp³-hybridized carbons (Fsp3) is 0.375. The molecule has 0 bridgehead atoms. The average Bonchev–Trinajstić information content (AvgIpc) is 3.17. The number of fused-ring (bicyclic) bond motifs is 1. The van der Waals surface area contributed by atoms with Crippen molar-refractivity contribution < 1.29 is 14.4 Å². The summed E-state index contributed by atoms with van der Waals surface area (Å²) in [5, 5.41) is 5.68. The number of hydrogen-bond acceptors (Lipinski definition) is 3. The molecule has 3 amide bonds. The summed E-state index contributed by atoms with van der Waals surface area (Å²) in [5.74, 6) is -0.874. The van der Waals surface area contributed by atoms with Crippen LogP contribution in [-0.2, 0) is 20.8 Å². The van der Waals surface area contributed by atoms with Crippen molar-refractivity contribution >= 4 is 34.8 Å². The third kappa shape index (κ3) is 4.22. The zero-order valence-electron chi connectivity index (χ0n) is 17.2. The van der Waals surface area contributed by atoms with Crippen LogP contribution in [-0.4, -0.2) is 24.3 Å². The minimum absolute atomic E-state index is 0.0618. The molecule has 2 unspecified atom stereocenters. The number of rotatable bonds is 4. The molecule has 1 aliphatic heterocycles. The summed E-state index contributed by atoms with van der Waals surface area (Å²) in [6.45, 7) is 2.13. The maximum absolute atomic E-state index is 13.4. The Labute approximate surface area is 176 Å². The smallest absolute Gasteiger partial charge is 0.230 e. The number of benzene rings is 2.